The molecule has 1 heterocycles. The van der Waals surface area contributed by atoms with Crippen LogP contribution in [0.2, 0.25) is 0 Å². The van der Waals surface area contributed by atoms with Gasteiger partial charge in [0.05, 0.1) is 0 Å². The van der Waals surface area contributed by atoms with E-state index in [1.807, 2.05) is 0 Å². The third-order valence-electron chi connectivity index (χ3n) is 6.25. The van der Waals surface area contributed by atoms with Crippen molar-refractivity contribution in [1.29, 1.82) is 0 Å². The molecular weight excluding hydrogens is 324 g/mol. The lowest BCUT2D eigenvalue weighted by Crippen LogP contribution is -2.45. The fraction of sp³-hybridized carbons (Fsp3) is 0.696. The minimum absolute atomic E-state index is 0.0847. The van der Waals surface area contributed by atoms with Gasteiger partial charge in [0, 0.05) is 12.5 Å². The second-order valence-corrected chi connectivity index (χ2v) is 8.87. The van der Waals surface area contributed by atoms with Gasteiger partial charge in [0.15, 0.2) is 0 Å². The highest BCUT2D eigenvalue weighted by Crippen LogP contribution is 2.56. The van der Waals surface area contributed by atoms with Crippen LogP contribution in [0.15, 0.2) is 12.1 Å². The summed E-state index contributed by atoms with van der Waals surface area (Å²) >= 11 is 0. The van der Waals surface area contributed by atoms with E-state index in [0.717, 1.165) is 42.7 Å². The summed E-state index contributed by atoms with van der Waals surface area (Å²) in [6.07, 6.45) is 7.89. The molecule has 144 valence electrons. The summed E-state index contributed by atoms with van der Waals surface area (Å²) in [5.41, 5.74) is 2.27. The maximum Gasteiger partial charge on any atom is 0.308 e. The maximum absolute atomic E-state index is 11.8. The predicted octanol–water partition coefficient (Wildman–Crippen LogP) is 6.04. The average molecular weight is 359 g/mol. The van der Waals surface area contributed by atoms with Gasteiger partial charge in [0.2, 0.25) is 0 Å². The van der Waals surface area contributed by atoms with E-state index in [1.165, 1.54) is 31.7 Å². The van der Waals surface area contributed by atoms with Gasteiger partial charge in [-0.2, -0.15) is 0 Å². The lowest BCUT2D eigenvalue weighted by molar-refractivity contribution is -0.132. The van der Waals surface area contributed by atoms with Crippen LogP contribution >= 0.6 is 0 Å². The van der Waals surface area contributed by atoms with Gasteiger partial charge in [0.1, 0.15) is 17.1 Å². The summed E-state index contributed by atoms with van der Waals surface area (Å²) in [6.45, 7) is 10.6. The van der Waals surface area contributed by atoms with Crippen LogP contribution in [0.3, 0.4) is 0 Å². The summed E-state index contributed by atoms with van der Waals surface area (Å²) in [6, 6.07) is 4.30. The van der Waals surface area contributed by atoms with E-state index < -0.39 is 0 Å². The third-order valence-corrected chi connectivity index (χ3v) is 6.25. The van der Waals surface area contributed by atoms with Crippen LogP contribution in [0.25, 0.3) is 0 Å². The van der Waals surface area contributed by atoms with Gasteiger partial charge >= 0.3 is 5.97 Å². The van der Waals surface area contributed by atoms with E-state index in [9.17, 15) is 4.79 Å². The van der Waals surface area contributed by atoms with Crippen LogP contribution in [-0.4, -0.2) is 11.6 Å². The molecule has 1 saturated carbocycles. The highest BCUT2D eigenvalue weighted by atomic mass is 16.5. The molecule has 0 unspecified atom stereocenters. The molecule has 2 bridgehead atoms. The van der Waals surface area contributed by atoms with Crippen molar-refractivity contribution in [3.05, 3.63) is 23.3 Å². The largest absolute Gasteiger partial charge is 0.487 e. The topological polar surface area (TPSA) is 35.5 Å². The number of rotatable bonds is 6. The van der Waals surface area contributed by atoms with Crippen LogP contribution in [0.5, 0.6) is 11.5 Å². The van der Waals surface area contributed by atoms with E-state index >= 15 is 0 Å². The molecule has 1 aromatic rings. The van der Waals surface area contributed by atoms with Crippen LogP contribution in [0.1, 0.15) is 90.2 Å². The van der Waals surface area contributed by atoms with E-state index in [-0.39, 0.29) is 11.6 Å². The molecule has 3 rings (SSSR count). The zero-order valence-corrected chi connectivity index (χ0v) is 17.1. The smallest absolute Gasteiger partial charge is 0.308 e. The van der Waals surface area contributed by atoms with E-state index in [2.05, 4.69) is 39.8 Å². The van der Waals surface area contributed by atoms with E-state index in [4.69, 9.17) is 9.47 Å². The first-order valence-electron chi connectivity index (χ1n) is 10.4. The van der Waals surface area contributed by atoms with Gasteiger partial charge in [-0.05, 0) is 74.5 Å². The number of carbonyl (C=O) groups is 1. The summed E-state index contributed by atoms with van der Waals surface area (Å²) < 4.78 is 12.2. The molecule has 0 spiro atoms. The molecule has 1 aromatic carbocycles. The van der Waals surface area contributed by atoms with Gasteiger partial charge in [-0.15, -0.1) is 0 Å². The molecule has 1 aliphatic carbocycles. The number of aryl methyl sites for hydroxylation is 1. The quantitative estimate of drug-likeness (QED) is 0.353. The Morgan fingerprint density at radius 3 is 2.77 bits per heavy atom. The Kier molecular flexibility index (Phi) is 5.64. The molecule has 0 radical (unpaired) electrons. The van der Waals surface area contributed by atoms with Crippen molar-refractivity contribution in [2.75, 3.05) is 0 Å². The molecule has 2 aliphatic rings. The first kappa shape index (κ1) is 19.3. The molecule has 0 N–H and O–H groups in total. The first-order chi connectivity index (χ1) is 12.3. The van der Waals surface area contributed by atoms with Crippen molar-refractivity contribution >= 4 is 5.97 Å². The van der Waals surface area contributed by atoms with E-state index in [1.54, 1.807) is 0 Å². The Balaban J connectivity index is 2.03. The lowest BCUT2D eigenvalue weighted by atomic mass is 9.64. The molecule has 1 aliphatic heterocycles. The van der Waals surface area contributed by atoms with Crippen molar-refractivity contribution < 1.29 is 14.3 Å². The number of hydrogen-bond acceptors (Lipinski definition) is 3. The van der Waals surface area contributed by atoms with Gasteiger partial charge in [-0.25, -0.2) is 0 Å². The molecule has 3 heteroatoms. The Labute approximate surface area is 158 Å². The zero-order chi connectivity index (χ0) is 18.9. The number of benzene rings is 1. The number of unbranched alkanes of at least 4 members (excludes halogenated alkanes) is 2. The summed E-state index contributed by atoms with van der Waals surface area (Å²) in [7, 11) is 0. The first-order valence-corrected chi connectivity index (χ1v) is 10.4. The monoisotopic (exact) mass is 358 g/mol. The van der Waals surface area contributed by atoms with Crippen LogP contribution in [-0.2, 0) is 11.2 Å². The third kappa shape index (κ3) is 3.92. The minimum atomic E-state index is -0.247. The van der Waals surface area contributed by atoms with Crippen molar-refractivity contribution in [1.82, 2.24) is 0 Å². The number of ether oxygens (including phenoxy) is 2. The molecule has 3 atom stereocenters. The Bertz CT molecular complexity index is 664. The summed E-state index contributed by atoms with van der Waals surface area (Å²) in [5, 5.41) is 0. The SMILES string of the molecule is CCCCCc1cc(OC(C)=O)c2c(c1)O[C@]1(C)CC[C@@H](C(C)C)[C@H]2C1. The fourth-order valence-corrected chi connectivity index (χ4v) is 4.93. The molecule has 0 aromatic heterocycles. The second-order valence-electron chi connectivity index (χ2n) is 8.87. The van der Waals surface area contributed by atoms with Crippen molar-refractivity contribution in [2.45, 2.75) is 91.1 Å². The van der Waals surface area contributed by atoms with Gasteiger partial charge in [-0.1, -0.05) is 33.6 Å². The Morgan fingerprint density at radius 2 is 2.12 bits per heavy atom. The standard InChI is InChI=1S/C23H34O3/c1-6-7-8-9-17-12-20(25-16(4)24)22-19-14-23(5,26-21(22)13-17)11-10-18(19)15(2)3/h12-13,15,18-19H,6-11,14H2,1-5H3/t18-,19+,23+/m0/s1. The Hall–Kier alpha value is -1.51. The van der Waals surface area contributed by atoms with Crippen LogP contribution in [0.4, 0.5) is 0 Å². The molecule has 1 fully saturated rings. The van der Waals surface area contributed by atoms with Gasteiger partial charge < -0.3 is 9.47 Å². The molecule has 3 nitrogen and oxygen atoms in total. The fourth-order valence-electron chi connectivity index (χ4n) is 4.93. The van der Waals surface area contributed by atoms with Crippen molar-refractivity contribution in [3.63, 3.8) is 0 Å². The van der Waals surface area contributed by atoms with Crippen LogP contribution < -0.4 is 9.47 Å². The normalized spacial score (nSPS) is 27.0. The predicted molar refractivity (Wildman–Crippen MR) is 105 cm³/mol. The van der Waals surface area contributed by atoms with Gasteiger partial charge in [-0.3, -0.25) is 4.79 Å². The second kappa shape index (κ2) is 7.62. The number of carbonyl (C=O) groups excluding carboxylic acids is 1. The van der Waals surface area contributed by atoms with Crippen molar-refractivity contribution in [3.8, 4) is 11.5 Å². The molecular formula is C23H34O3. The molecule has 0 amide bonds. The minimum Gasteiger partial charge on any atom is -0.487 e. The highest BCUT2D eigenvalue weighted by molar-refractivity contribution is 5.71. The maximum atomic E-state index is 11.8. The zero-order valence-electron chi connectivity index (χ0n) is 17.1. The van der Waals surface area contributed by atoms with Crippen molar-refractivity contribution in [2.24, 2.45) is 11.8 Å². The number of esters is 1. The summed E-state index contributed by atoms with van der Waals surface area (Å²) in [4.78, 5) is 11.8. The number of hydrogen-bond donors (Lipinski definition) is 0. The summed E-state index contributed by atoms with van der Waals surface area (Å²) in [5.74, 6) is 3.09. The van der Waals surface area contributed by atoms with E-state index in [0.29, 0.717) is 17.8 Å². The number of fused-ring (bicyclic) bond motifs is 4. The van der Waals surface area contributed by atoms with Crippen LogP contribution in [0, 0.1) is 11.8 Å². The van der Waals surface area contributed by atoms with Gasteiger partial charge in [0.25, 0.3) is 0 Å². The highest BCUT2D eigenvalue weighted by Gasteiger charge is 2.47. The Morgan fingerprint density at radius 1 is 1.35 bits per heavy atom. The lowest BCUT2D eigenvalue weighted by Gasteiger charge is -2.49. The average Bonchev–Trinajstić information content (AvgIpc) is 2.53. The molecule has 26 heavy (non-hydrogen) atoms. The molecule has 0 saturated heterocycles.